The Balaban J connectivity index is 2.84. The third kappa shape index (κ3) is 2.03. The van der Waals surface area contributed by atoms with Gasteiger partial charge in [-0.1, -0.05) is 17.7 Å². The number of hydrogen-bond acceptors (Lipinski definition) is 1. The molecule has 0 atom stereocenters. The van der Waals surface area contributed by atoms with Crippen molar-refractivity contribution in [3.8, 4) is 12.3 Å². The van der Waals surface area contributed by atoms with Crippen molar-refractivity contribution in [2.75, 3.05) is 5.73 Å². The highest BCUT2D eigenvalue weighted by molar-refractivity contribution is 5.48. The number of nitrogens with two attached hydrogens (primary N) is 1. The van der Waals surface area contributed by atoms with Gasteiger partial charge in [0.2, 0.25) is 0 Å². The van der Waals surface area contributed by atoms with Gasteiger partial charge in [0.25, 0.3) is 0 Å². The summed E-state index contributed by atoms with van der Waals surface area (Å²) in [6.07, 6.45) is 6.81. The summed E-state index contributed by atoms with van der Waals surface area (Å²) in [5.41, 5.74) is 9.00. The number of terminal acetylenes is 1. The Labute approximate surface area is 73.6 Å². The summed E-state index contributed by atoms with van der Waals surface area (Å²) in [5, 5.41) is 0. The average molecular weight is 159 g/mol. The van der Waals surface area contributed by atoms with Crippen LogP contribution in [0.1, 0.15) is 17.5 Å². The molecule has 12 heavy (non-hydrogen) atoms. The second-order valence-electron chi connectivity index (χ2n) is 2.91. The van der Waals surface area contributed by atoms with Crippen LogP contribution in [0, 0.1) is 19.3 Å². The summed E-state index contributed by atoms with van der Waals surface area (Å²) in [4.78, 5) is 0. The number of rotatable bonds is 2. The highest BCUT2D eigenvalue weighted by Gasteiger charge is 1.97. The maximum Gasteiger partial charge on any atom is 0.0347 e. The van der Waals surface area contributed by atoms with Crippen LogP contribution in [0.15, 0.2) is 18.2 Å². The van der Waals surface area contributed by atoms with Crippen molar-refractivity contribution >= 4 is 5.69 Å². The van der Waals surface area contributed by atoms with E-state index in [1.165, 1.54) is 5.56 Å². The first-order valence-electron chi connectivity index (χ1n) is 4.02. The van der Waals surface area contributed by atoms with Gasteiger partial charge in [0.05, 0.1) is 0 Å². The third-order valence-corrected chi connectivity index (χ3v) is 1.84. The number of anilines is 1. The van der Waals surface area contributed by atoms with Gasteiger partial charge in [-0.25, -0.2) is 0 Å². The quantitative estimate of drug-likeness (QED) is 0.519. The normalized spacial score (nSPS) is 9.33. The fourth-order valence-electron chi connectivity index (χ4n) is 1.16. The van der Waals surface area contributed by atoms with E-state index in [0.717, 1.165) is 24.1 Å². The molecule has 0 amide bonds. The van der Waals surface area contributed by atoms with Crippen LogP contribution >= 0.6 is 0 Å². The van der Waals surface area contributed by atoms with Gasteiger partial charge in [-0.15, -0.1) is 12.3 Å². The van der Waals surface area contributed by atoms with Crippen LogP contribution in [0.25, 0.3) is 0 Å². The minimum Gasteiger partial charge on any atom is -0.399 e. The second kappa shape index (κ2) is 3.82. The molecule has 0 bridgehead atoms. The molecule has 0 aliphatic heterocycles. The molecule has 62 valence electrons. The van der Waals surface area contributed by atoms with E-state index in [4.69, 9.17) is 12.2 Å². The minimum absolute atomic E-state index is 0.758. The first-order chi connectivity index (χ1) is 5.74. The smallest absolute Gasteiger partial charge is 0.0347 e. The molecule has 1 aromatic rings. The Bertz CT molecular complexity index is 307. The number of nitrogen functional groups attached to an aromatic ring is 1. The molecule has 0 fully saturated rings. The van der Waals surface area contributed by atoms with Gasteiger partial charge in [0, 0.05) is 12.1 Å². The monoisotopic (exact) mass is 159 g/mol. The van der Waals surface area contributed by atoms with Crippen molar-refractivity contribution in [3.05, 3.63) is 29.3 Å². The van der Waals surface area contributed by atoms with Crippen LogP contribution in [0.5, 0.6) is 0 Å². The molecule has 0 unspecified atom stereocenters. The van der Waals surface area contributed by atoms with Crippen molar-refractivity contribution in [2.24, 2.45) is 0 Å². The average Bonchev–Trinajstić information content (AvgIpc) is 2.07. The van der Waals surface area contributed by atoms with Crippen molar-refractivity contribution < 1.29 is 0 Å². The number of benzene rings is 1. The van der Waals surface area contributed by atoms with Gasteiger partial charge in [-0.2, -0.15) is 0 Å². The fourth-order valence-corrected chi connectivity index (χ4v) is 1.16. The van der Waals surface area contributed by atoms with Gasteiger partial charge >= 0.3 is 0 Å². The predicted octanol–water partition coefficient (Wildman–Crippen LogP) is 2.14. The second-order valence-corrected chi connectivity index (χ2v) is 2.91. The SMILES string of the molecule is C#CCCc1cc(C)ccc1N. The van der Waals surface area contributed by atoms with Gasteiger partial charge in [-0.05, 0) is 25.0 Å². The molecule has 1 nitrogen and oxygen atoms in total. The zero-order valence-corrected chi connectivity index (χ0v) is 7.30. The lowest BCUT2D eigenvalue weighted by molar-refractivity contribution is 1.03. The molecule has 1 aromatic carbocycles. The summed E-state index contributed by atoms with van der Waals surface area (Å²) in [7, 11) is 0. The zero-order valence-electron chi connectivity index (χ0n) is 7.30. The van der Waals surface area contributed by atoms with E-state index in [1.54, 1.807) is 0 Å². The molecule has 0 saturated carbocycles. The molecule has 0 aliphatic rings. The van der Waals surface area contributed by atoms with Crippen molar-refractivity contribution in [1.82, 2.24) is 0 Å². The Morgan fingerprint density at radius 1 is 1.50 bits per heavy atom. The largest absolute Gasteiger partial charge is 0.399 e. The lowest BCUT2D eigenvalue weighted by Gasteiger charge is -2.03. The van der Waals surface area contributed by atoms with E-state index in [-0.39, 0.29) is 0 Å². The maximum absolute atomic E-state index is 5.76. The third-order valence-electron chi connectivity index (χ3n) is 1.84. The Morgan fingerprint density at radius 2 is 2.25 bits per heavy atom. The molecule has 0 spiro atoms. The molecule has 0 aromatic heterocycles. The zero-order chi connectivity index (χ0) is 8.97. The first-order valence-corrected chi connectivity index (χ1v) is 4.02. The van der Waals surface area contributed by atoms with Crippen molar-refractivity contribution in [2.45, 2.75) is 19.8 Å². The van der Waals surface area contributed by atoms with E-state index in [1.807, 2.05) is 12.1 Å². The van der Waals surface area contributed by atoms with Crippen LogP contribution in [0.4, 0.5) is 5.69 Å². The summed E-state index contributed by atoms with van der Waals surface area (Å²) >= 11 is 0. The topological polar surface area (TPSA) is 26.0 Å². The van der Waals surface area contributed by atoms with Gasteiger partial charge < -0.3 is 5.73 Å². The van der Waals surface area contributed by atoms with Crippen molar-refractivity contribution in [3.63, 3.8) is 0 Å². The fraction of sp³-hybridized carbons (Fsp3) is 0.273. The molecule has 1 rings (SSSR count). The van der Waals surface area contributed by atoms with Crippen LogP contribution < -0.4 is 5.73 Å². The number of hydrogen-bond donors (Lipinski definition) is 1. The first kappa shape index (κ1) is 8.67. The van der Waals surface area contributed by atoms with E-state index in [2.05, 4.69) is 18.9 Å². The van der Waals surface area contributed by atoms with Gasteiger partial charge in [0.1, 0.15) is 0 Å². The lowest BCUT2D eigenvalue weighted by atomic mass is 10.1. The van der Waals surface area contributed by atoms with Crippen LogP contribution in [0.2, 0.25) is 0 Å². The summed E-state index contributed by atoms with van der Waals surface area (Å²) in [6, 6.07) is 6.03. The minimum atomic E-state index is 0.758. The lowest BCUT2D eigenvalue weighted by Crippen LogP contribution is -1.94. The summed E-state index contributed by atoms with van der Waals surface area (Å²) in [5.74, 6) is 2.61. The maximum atomic E-state index is 5.76. The molecule has 1 heteroatoms. The predicted molar refractivity (Wildman–Crippen MR) is 52.7 cm³/mol. The van der Waals surface area contributed by atoms with Crippen LogP contribution in [0.3, 0.4) is 0 Å². The standard InChI is InChI=1S/C11H13N/c1-3-4-5-10-8-9(2)6-7-11(10)12/h1,6-8H,4-5,12H2,2H3. The number of aryl methyl sites for hydroxylation is 2. The van der Waals surface area contributed by atoms with E-state index >= 15 is 0 Å². The highest BCUT2D eigenvalue weighted by atomic mass is 14.6. The summed E-state index contributed by atoms with van der Waals surface area (Å²) < 4.78 is 0. The molecular formula is C11H13N. The molecular weight excluding hydrogens is 146 g/mol. The Morgan fingerprint density at radius 3 is 2.92 bits per heavy atom. The van der Waals surface area contributed by atoms with Crippen LogP contribution in [-0.4, -0.2) is 0 Å². The van der Waals surface area contributed by atoms with E-state index in [0.29, 0.717) is 0 Å². The molecule has 0 saturated heterocycles. The van der Waals surface area contributed by atoms with E-state index < -0.39 is 0 Å². The summed E-state index contributed by atoms with van der Waals surface area (Å²) in [6.45, 7) is 2.05. The molecule has 0 radical (unpaired) electrons. The molecule has 2 N–H and O–H groups in total. The molecule has 0 heterocycles. The van der Waals surface area contributed by atoms with E-state index in [9.17, 15) is 0 Å². The van der Waals surface area contributed by atoms with Crippen molar-refractivity contribution in [1.29, 1.82) is 0 Å². The van der Waals surface area contributed by atoms with Gasteiger partial charge in [-0.3, -0.25) is 0 Å². The highest BCUT2D eigenvalue weighted by Crippen LogP contribution is 2.14. The molecule has 0 aliphatic carbocycles. The Hall–Kier alpha value is -1.42. The van der Waals surface area contributed by atoms with Crippen LogP contribution in [-0.2, 0) is 6.42 Å². The van der Waals surface area contributed by atoms with Gasteiger partial charge in [0.15, 0.2) is 0 Å². The Kier molecular flexibility index (Phi) is 2.76.